The Kier molecular flexibility index (Phi) is 5.27. The van der Waals surface area contributed by atoms with Crippen molar-refractivity contribution >= 4 is 28.3 Å². The van der Waals surface area contributed by atoms with Crippen molar-refractivity contribution in [3.63, 3.8) is 0 Å². The van der Waals surface area contributed by atoms with Gasteiger partial charge < -0.3 is 10.2 Å². The van der Waals surface area contributed by atoms with E-state index in [-0.39, 0.29) is 24.5 Å². The molecule has 3 aliphatic rings. The van der Waals surface area contributed by atoms with Crippen LogP contribution in [0.3, 0.4) is 0 Å². The maximum Gasteiger partial charge on any atom is 0.262 e. The van der Waals surface area contributed by atoms with Crippen molar-refractivity contribution in [2.75, 3.05) is 49.5 Å². The van der Waals surface area contributed by atoms with Gasteiger partial charge in [-0.2, -0.15) is 14.6 Å². The number of alkyl halides is 2. The summed E-state index contributed by atoms with van der Waals surface area (Å²) in [6.45, 7) is 7.00. The van der Waals surface area contributed by atoms with E-state index in [4.69, 9.17) is 4.98 Å². The monoisotopic (exact) mass is 460 g/mol. The summed E-state index contributed by atoms with van der Waals surface area (Å²) in [7, 11) is 0. The van der Waals surface area contributed by atoms with Crippen molar-refractivity contribution in [1.82, 2.24) is 24.1 Å². The van der Waals surface area contributed by atoms with Crippen LogP contribution in [0.5, 0.6) is 0 Å². The fourth-order valence-corrected chi connectivity index (χ4v) is 5.82. The number of piperazine rings is 1. The van der Waals surface area contributed by atoms with E-state index in [9.17, 15) is 14.0 Å². The molecular formula is C21H26F2N8S. The molecule has 0 spiro atoms. The Labute approximate surface area is 190 Å². The third kappa shape index (κ3) is 3.91. The Morgan fingerprint density at radius 3 is 2.81 bits per heavy atom. The van der Waals surface area contributed by atoms with Gasteiger partial charge in [-0.05, 0) is 31.4 Å². The summed E-state index contributed by atoms with van der Waals surface area (Å²) in [5.41, 5.74) is 1.58. The molecule has 0 aromatic carbocycles. The lowest BCUT2D eigenvalue weighted by molar-refractivity contribution is -0.00337. The van der Waals surface area contributed by atoms with Crippen LogP contribution >= 0.6 is 11.5 Å². The van der Waals surface area contributed by atoms with Crippen molar-refractivity contribution in [3.8, 4) is 6.07 Å². The van der Waals surface area contributed by atoms with Crippen molar-refractivity contribution in [2.24, 2.45) is 0 Å². The SMILES string of the molecule is Cc1cc(Nc2ncc(C)c(N3CC(CC#N)(N4CCN5CC(F)(F)C[C@H]5C4)C3)n2)sn1. The number of nitrogens with one attached hydrogen (secondary N) is 1. The lowest BCUT2D eigenvalue weighted by atomic mass is 9.83. The molecule has 8 nitrogen and oxygen atoms in total. The van der Waals surface area contributed by atoms with Gasteiger partial charge in [0.2, 0.25) is 5.95 Å². The lowest BCUT2D eigenvalue weighted by Gasteiger charge is -2.58. The van der Waals surface area contributed by atoms with E-state index in [0.29, 0.717) is 45.1 Å². The van der Waals surface area contributed by atoms with Crippen molar-refractivity contribution in [2.45, 2.75) is 44.2 Å². The van der Waals surface area contributed by atoms with Crippen LogP contribution in [0.15, 0.2) is 12.3 Å². The number of aryl methyl sites for hydroxylation is 2. The van der Waals surface area contributed by atoms with Gasteiger partial charge in [0.15, 0.2) is 0 Å². The van der Waals surface area contributed by atoms with Crippen LogP contribution < -0.4 is 10.2 Å². The number of rotatable bonds is 5. The molecule has 0 unspecified atom stereocenters. The standard InChI is InChI=1S/C21H26F2N8S/c1-14-9-25-19(26-17-7-15(2)28-32-17)27-18(14)30-11-20(12-30,3-4-24)31-6-5-29-13-21(22,23)8-16(29)10-31/h7,9,16H,3,5-6,8,10-13H2,1-2H3,(H,25,26,27)/t16-/m0/s1. The molecule has 5 rings (SSSR count). The number of hydrogen-bond acceptors (Lipinski definition) is 9. The Bertz CT molecular complexity index is 1040. The molecule has 170 valence electrons. The zero-order chi connectivity index (χ0) is 22.5. The molecule has 3 saturated heterocycles. The van der Waals surface area contributed by atoms with Crippen molar-refractivity contribution in [3.05, 3.63) is 23.5 Å². The molecule has 32 heavy (non-hydrogen) atoms. The van der Waals surface area contributed by atoms with Gasteiger partial charge in [-0.25, -0.2) is 13.8 Å². The third-order valence-corrected chi connectivity index (χ3v) is 7.53. The molecule has 0 radical (unpaired) electrons. The second kappa shape index (κ2) is 7.86. The first kappa shape index (κ1) is 21.4. The van der Waals surface area contributed by atoms with Crippen molar-refractivity contribution < 1.29 is 8.78 Å². The third-order valence-electron chi connectivity index (χ3n) is 6.73. The lowest BCUT2D eigenvalue weighted by Crippen LogP contribution is -2.73. The molecule has 0 bridgehead atoms. The minimum atomic E-state index is -2.60. The maximum atomic E-state index is 13.9. The largest absolute Gasteiger partial charge is 0.352 e. The minimum absolute atomic E-state index is 0.0903. The fourth-order valence-electron chi connectivity index (χ4n) is 5.16. The molecule has 2 aromatic rings. The number of aromatic nitrogens is 3. The number of anilines is 3. The second-order valence-corrected chi connectivity index (χ2v) is 10.0. The average Bonchev–Trinajstić information content (AvgIpc) is 3.26. The van der Waals surface area contributed by atoms with E-state index in [0.717, 1.165) is 22.1 Å². The number of hydrogen-bond donors (Lipinski definition) is 1. The molecule has 0 amide bonds. The maximum absolute atomic E-state index is 13.9. The van der Waals surface area contributed by atoms with E-state index in [1.54, 1.807) is 6.20 Å². The second-order valence-electron chi connectivity index (χ2n) is 9.20. The highest BCUT2D eigenvalue weighted by Gasteiger charge is 2.53. The number of fused-ring (bicyclic) bond motifs is 1. The molecule has 11 heteroatoms. The first-order valence-corrected chi connectivity index (χ1v) is 11.6. The summed E-state index contributed by atoms with van der Waals surface area (Å²) in [6, 6.07) is 4.15. The first-order chi connectivity index (χ1) is 15.3. The molecule has 0 saturated carbocycles. The van der Waals surface area contributed by atoms with Crippen LogP contribution in [0.1, 0.15) is 24.1 Å². The number of nitrogens with zero attached hydrogens (tertiary/aromatic N) is 7. The van der Waals surface area contributed by atoms with Crippen molar-refractivity contribution in [1.29, 1.82) is 5.26 Å². The summed E-state index contributed by atoms with van der Waals surface area (Å²) in [5, 5.41) is 13.6. The van der Waals surface area contributed by atoms with E-state index in [2.05, 4.69) is 30.5 Å². The molecule has 2 aromatic heterocycles. The highest BCUT2D eigenvalue weighted by molar-refractivity contribution is 7.10. The van der Waals surface area contributed by atoms with Gasteiger partial charge in [0.05, 0.1) is 30.3 Å². The average molecular weight is 461 g/mol. The number of halogens is 2. The topological polar surface area (TPSA) is 84.2 Å². The predicted molar refractivity (Wildman–Crippen MR) is 119 cm³/mol. The van der Waals surface area contributed by atoms with E-state index >= 15 is 0 Å². The normalized spacial score (nSPS) is 24.6. The van der Waals surface area contributed by atoms with Gasteiger partial charge >= 0.3 is 0 Å². The molecule has 1 N–H and O–H groups in total. The Morgan fingerprint density at radius 1 is 1.28 bits per heavy atom. The Morgan fingerprint density at radius 2 is 2.09 bits per heavy atom. The Balaban J connectivity index is 1.30. The quantitative estimate of drug-likeness (QED) is 0.729. The van der Waals surface area contributed by atoms with Crippen LogP contribution in [-0.2, 0) is 0 Å². The van der Waals surface area contributed by atoms with Gasteiger partial charge in [-0.15, -0.1) is 0 Å². The molecule has 1 atom stereocenters. The number of nitriles is 1. The van der Waals surface area contributed by atoms with E-state index in [1.165, 1.54) is 11.5 Å². The summed E-state index contributed by atoms with van der Waals surface area (Å²) >= 11 is 1.36. The fraction of sp³-hybridized carbons (Fsp3) is 0.619. The molecule has 3 fully saturated rings. The summed E-state index contributed by atoms with van der Waals surface area (Å²) in [5.74, 6) is -1.26. The summed E-state index contributed by atoms with van der Waals surface area (Å²) < 4.78 is 32.1. The minimum Gasteiger partial charge on any atom is -0.352 e. The van der Waals surface area contributed by atoms with Crippen LogP contribution in [-0.4, -0.2) is 80.9 Å². The molecule has 0 aliphatic carbocycles. The smallest absolute Gasteiger partial charge is 0.262 e. The molecule has 3 aliphatic heterocycles. The van der Waals surface area contributed by atoms with Crippen LogP contribution in [0.4, 0.5) is 25.5 Å². The summed E-state index contributed by atoms with van der Waals surface area (Å²) in [6.07, 6.45) is 2.08. The van der Waals surface area contributed by atoms with E-state index < -0.39 is 5.92 Å². The van der Waals surface area contributed by atoms with Crippen LogP contribution in [0.2, 0.25) is 0 Å². The molecule has 5 heterocycles. The first-order valence-electron chi connectivity index (χ1n) is 10.8. The highest BCUT2D eigenvalue weighted by Crippen LogP contribution is 2.40. The summed E-state index contributed by atoms with van der Waals surface area (Å²) in [4.78, 5) is 15.4. The predicted octanol–water partition coefficient (Wildman–Crippen LogP) is 2.79. The van der Waals surface area contributed by atoms with Crippen LogP contribution in [0.25, 0.3) is 0 Å². The van der Waals surface area contributed by atoms with Gasteiger partial charge in [0, 0.05) is 56.9 Å². The highest BCUT2D eigenvalue weighted by atomic mass is 32.1. The Hall–Kier alpha value is -2.42. The van der Waals surface area contributed by atoms with Gasteiger partial charge in [-0.1, -0.05) is 0 Å². The molecular weight excluding hydrogens is 434 g/mol. The zero-order valence-electron chi connectivity index (χ0n) is 18.2. The zero-order valence-corrected chi connectivity index (χ0v) is 19.0. The van der Waals surface area contributed by atoms with Gasteiger partial charge in [-0.3, -0.25) is 9.80 Å². The van der Waals surface area contributed by atoms with Gasteiger partial charge in [0.25, 0.3) is 5.92 Å². The van der Waals surface area contributed by atoms with Crippen LogP contribution in [0, 0.1) is 25.2 Å². The van der Waals surface area contributed by atoms with E-state index in [1.807, 2.05) is 24.8 Å². The van der Waals surface area contributed by atoms with Gasteiger partial charge in [0.1, 0.15) is 10.8 Å².